The highest BCUT2D eigenvalue weighted by molar-refractivity contribution is 8.32. The van der Waals surface area contributed by atoms with Crippen LogP contribution < -0.4 is 21.2 Å². The number of benzene rings is 4. The lowest BCUT2D eigenvalue weighted by Crippen LogP contribution is -2.34. The summed E-state index contributed by atoms with van der Waals surface area (Å²) < 4.78 is 5.51. The molecule has 4 aromatic rings. The van der Waals surface area contributed by atoms with Gasteiger partial charge in [0.15, 0.2) is 0 Å². The number of rotatable bonds is 9. The molecule has 4 aromatic carbocycles. The second-order valence-corrected chi connectivity index (χ2v) is 18.0. The first-order chi connectivity index (χ1) is 17.0. The summed E-state index contributed by atoms with van der Waals surface area (Å²) >= 11 is 13.5. The van der Waals surface area contributed by atoms with Crippen molar-refractivity contribution in [2.45, 2.75) is 18.7 Å². The van der Waals surface area contributed by atoms with Crippen LogP contribution in [0.2, 0.25) is 0 Å². The Morgan fingerprint density at radius 1 is 0.629 bits per heavy atom. The van der Waals surface area contributed by atoms with Gasteiger partial charge in [0.05, 0.1) is 13.0 Å². The van der Waals surface area contributed by atoms with E-state index >= 15 is 0 Å². The van der Waals surface area contributed by atoms with Crippen molar-refractivity contribution in [1.82, 2.24) is 0 Å². The summed E-state index contributed by atoms with van der Waals surface area (Å²) in [6, 6.07) is 35.8. The summed E-state index contributed by atoms with van der Waals surface area (Å²) in [5, 5.41) is 3.98. The van der Waals surface area contributed by atoms with Crippen LogP contribution in [0.15, 0.2) is 121 Å². The van der Waals surface area contributed by atoms with Crippen molar-refractivity contribution in [2.75, 3.05) is 6.61 Å². The molecule has 0 unspecified atom stereocenters. The molecule has 0 spiro atoms. The zero-order valence-electron chi connectivity index (χ0n) is 19.6. The van der Waals surface area contributed by atoms with Crippen LogP contribution in [0.25, 0.3) is 0 Å². The van der Waals surface area contributed by atoms with E-state index in [2.05, 4.69) is 48.5 Å². The van der Waals surface area contributed by atoms with Crippen molar-refractivity contribution in [1.29, 1.82) is 0 Å². The van der Waals surface area contributed by atoms with Crippen molar-refractivity contribution >= 4 is 62.9 Å². The molecule has 0 aliphatic carbocycles. The van der Waals surface area contributed by atoms with E-state index in [1.165, 1.54) is 0 Å². The van der Waals surface area contributed by atoms with E-state index in [1.54, 1.807) is 0 Å². The minimum atomic E-state index is -2.59. The highest BCUT2D eigenvalue weighted by Crippen LogP contribution is 2.67. The quantitative estimate of drug-likeness (QED) is 0.209. The summed E-state index contributed by atoms with van der Waals surface area (Å²) in [5.41, 5.74) is 0. The Bertz CT molecular complexity index is 1160. The second-order valence-electron chi connectivity index (χ2n) is 8.15. The molecule has 0 radical (unpaired) electrons. The van der Waals surface area contributed by atoms with E-state index in [1.807, 2.05) is 79.7 Å². The average molecular weight is 535 g/mol. The third kappa shape index (κ3) is 5.27. The van der Waals surface area contributed by atoms with E-state index < -0.39 is 12.1 Å². The van der Waals surface area contributed by atoms with E-state index in [0.717, 1.165) is 21.2 Å². The van der Waals surface area contributed by atoms with Gasteiger partial charge in [-0.2, -0.15) is 0 Å². The minimum absolute atomic E-state index is 0.177. The van der Waals surface area contributed by atoms with Crippen LogP contribution in [-0.2, 0) is 33.1 Å². The van der Waals surface area contributed by atoms with Gasteiger partial charge in [0.25, 0.3) is 0 Å². The fraction of sp³-hybridized carbons (Fsp3) is 0.138. The van der Waals surface area contributed by atoms with Gasteiger partial charge in [-0.3, -0.25) is 4.79 Å². The van der Waals surface area contributed by atoms with Gasteiger partial charge < -0.3 is 4.74 Å². The van der Waals surface area contributed by atoms with E-state index in [4.69, 9.17) is 28.4 Å². The Balaban J connectivity index is 2.07. The lowest BCUT2D eigenvalue weighted by molar-refractivity contribution is -0.142. The molecular weight excluding hydrogens is 506 g/mol. The highest BCUT2D eigenvalue weighted by Gasteiger charge is 2.44. The van der Waals surface area contributed by atoms with Gasteiger partial charge in [-0.25, -0.2) is 0 Å². The van der Waals surface area contributed by atoms with Gasteiger partial charge in [-0.05, 0) is 28.1 Å². The molecule has 0 fully saturated rings. The first kappa shape index (κ1) is 25.7. The van der Waals surface area contributed by atoms with E-state index in [9.17, 15) is 4.79 Å². The third-order valence-corrected chi connectivity index (χ3v) is 19.4. The normalized spacial score (nSPS) is 11.8. The first-order valence-corrected chi connectivity index (χ1v) is 17.3. The molecule has 178 valence electrons. The molecule has 0 saturated heterocycles. The van der Waals surface area contributed by atoms with Gasteiger partial charge in [0.1, 0.15) is 0 Å². The van der Waals surface area contributed by atoms with Crippen LogP contribution in [0, 0.1) is 0 Å². The Kier molecular flexibility index (Phi) is 8.52. The predicted molar refractivity (Wildman–Crippen MR) is 158 cm³/mol. The summed E-state index contributed by atoms with van der Waals surface area (Å²) in [7, 11) is 0. The highest BCUT2D eigenvalue weighted by atomic mass is 32.5. The topological polar surface area (TPSA) is 26.3 Å². The average Bonchev–Trinajstić information content (AvgIpc) is 2.93. The molecule has 4 rings (SSSR count). The maximum atomic E-state index is 13.2. The summed E-state index contributed by atoms with van der Waals surface area (Å²) in [6.45, 7) is 2.16. The van der Waals surface area contributed by atoms with Crippen LogP contribution in [-0.4, -0.2) is 18.0 Å². The molecule has 0 atom stereocenters. The lowest BCUT2D eigenvalue weighted by atomic mass is 10.4. The molecule has 0 aliphatic heterocycles. The van der Waals surface area contributed by atoms with E-state index in [-0.39, 0.29) is 17.8 Å². The van der Waals surface area contributed by atoms with Crippen LogP contribution in [0.3, 0.4) is 0 Å². The van der Waals surface area contributed by atoms with E-state index in [0.29, 0.717) is 6.61 Å². The number of ether oxygens (including phenoxy) is 1. The van der Waals surface area contributed by atoms with Crippen molar-refractivity contribution in [3.05, 3.63) is 121 Å². The summed E-state index contributed by atoms with van der Waals surface area (Å²) in [5.74, 6) is -0.250. The van der Waals surface area contributed by atoms with Crippen molar-refractivity contribution < 1.29 is 9.53 Å². The molecule has 6 heteroatoms. The Labute approximate surface area is 218 Å². The number of esters is 1. The first-order valence-electron chi connectivity index (χ1n) is 11.6. The molecule has 35 heavy (non-hydrogen) atoms. The zero-order chi connectivity index (χ0) is 24.7. The number of hydrogen-bond donors (Lipinski definition) is 0. The lowest BCUT2D eigenvalue weighted by Gasteiger charge is -2.40. The largest absolute Gasteiger partial charge is 0.466 e. The van der Waals surface area contributed by atoms with Crippen LogP contribution in [0.4, 0.5) is 0 Å². The van der Waals surface area contributed by atoms with Gasteiger partial charge >= 0.3 is 5.97 Å². The smallest absolute Gasteiger partial charge is 0.306 e. The molecule has 0 amide bonds. The summed E-state index contributed by atoms with van der Waals surface area (Å²) in [4.78, 5) is 13.2. The van der Waals surface area contributed by atoms with Gasteiger partial charge in [0.2, 0.25) is 0 Å². The second kappa shape index (κ2) is 11.6. The molecule has 0 aromatic heterocycles. The number of hydrogen-bond acceptors (Lipinski definition) is 4. The summed E-state index contributed by atoms with van der Waals surface area (Å²) in [6.07, 6.45) is 0.177. The minimum Gasteiger partial charge on any atom is -0.466 e. The number of carbonyl (C=O) groups is 1. The van der Waals surface area contributed by atoms with Crippen molar-refractivity contribution in [3.63, 3.8) is 0 Å². The fourth-order valence-electron chi connectivity index (χ4n) is 4.44. The van der Waals surface area contributed by atoms with Crippen LogP contribution >= 0.6 is 12.1 Å². The molecule has 2 nitrogen and oxygen atoms in total. The molecule has 0 saturated carbocycles. The SMILES string of the molecule is CCOC(=O)CC(P(=S)(c1ccccc1)c1ccccc1)P(=S)(c1ccccc1)c1ccccc1. The Morgan fingerprint density at radius 2 is 0.914 bits per heavy atom. The molecular formula is C29H28O2P2S2. The van der Waals surface area contributed by atoms with Gasteiger partial charge in [-0.15, -0.1) is 0 Å². The van der Waals surface area contributed by atoms with Crippen molar-refractivity contribution in [2.24, 2.45) is 0 Å². The van der Waals surface area contributed by atoms with Gasteiger partial charge in [0, 0.05) is 17.5 Å². The molecule has 0 aliphatic rings. The molecule has 0 N–H and O–H groups in total. The standard InChI is InChI=1S/C29H28O2P2S2/c1-2-31-28(30)23-29(32(34,24-15-7-3-8-16-24)25-17-9-4-10-18-25)33(35,26-19-11-5-12-20-26)27-21-13-6-14-22-27/h3-22,29H,2,23H2,1H3. The maximum Gasteiger partial charge on any atom is 0.306 e. The maximum absolute atomic E-state index is 13.2. The zero-order valence-corrected chi connectivity index (χ0v) is 23.0. The van der Waals surface area contributed by atoms with Gasteiger partial charge in [-0.1, -0.05) is 145 Å². The van der Waals surface area contributed by atoms with Crippen LogP contribution in [0.5, 0.6) is 0 Å². The predicted octanol–water partition coefficient (Wildman–Crippen LogP) is 5.53. The van der Waals surface area contributed by atoms with Crippen LogP contribution in [0.1, 0.15) is 13.3 Å². The molecule has 0 bridgehead atoms. The van der Waals surface area contributed by atoms with Crippen molar-refractivity contribution in [3.8, 4) is 0 Å². The molecule has 0 heterocycles. The fourth-order valence-corrected chi connectivity index (χ4v) is 18.1. The Hall–Kier alpha value is -2.35. The number of carbonyl (C=O) groups excluding carboxylic acids is 1. The Morgan fingerprint density at radius 3 is 1.17 bits per heavy atom. The third-order valence-electron chi connectivity index (χ3n) is 6.05. The monoisotopic (exact) mass is 534 g/mol.